The second kappa shape index (κ2) is 14.7. The molecule has 0 atom stereocenters. The molecule has 7 heteroatoms. The number of nitrogens with one attached hydrogen (secondary N) is 2. The third-order valence-electron chi connectivity index (χ3n) is 3.51. The molecule has 0 saturated carbocycles. The van der Waals surface area contributed by atoms with E-state index in [0.29, 0.717) is 0 Å². The molecule has 0 amide bonds. The Hall–Kier alpha value is -0.860. The summed E-state index contributed by atoms with van der Waals surface area (Å²) in [6.07, 6.45) is 8.69. The van der Waals surface area contributed by atoms with Gasteiger partial charge in [0.2, 0.25) is 0 Å². The van der Waals surface area contributed by atoms with Gasteiger partial charge in [-0.3, -0.25) is 4.99 Å². The van der Waals surface area contributed by atoms with Crippen LogP contribution in [0.2, 0.25) is 0 Å². The third kappa shape index (κ3) is 9.78. The molecular formula is C16H33IN6. The van der Waals surface area contributed by atoms with E-state index in [0.717, 1.165) is 50.8 Å². The van der Waals surface area contributed by atoms with E-state index in [1.807, 2.05) is 0 Å². The number of rotatable bonds is 11. The van der Waals surface area contributed by atoms with Crippen LogP contribution in [0, 0.1) is 0 Å². The van der Waals surface area contributed by atoms with Crippen molar-refractivity contribution in [1.29, 1.82) is 0 Å². The topological polar surface area (TPSA) is 67.1 Å². The standard InChI is InChI=1S/C16H32N6.HI/c1-4-7-9-11-18-16(17-10-8-5-2)19-12-13-22-14-20-21-15(22)6-3;/h14H,4-13H2,1-3H3,(H2,17,18,19);1H. The molecule has 1 rings (SSSR count). The van der Waals surface area contributed by atoms with E-state index < -0.39 is 0 Å². The fraction of sp³-hybridized carbons (Fsp3) is 0.812. The van der Waals surface area contributed by atoms with Gasteiger partial charge in [0.25, 0.3) is 0 Å². The van der Waals surface area contributed by atoms with E-state index in [1.54, 1.807) is 6.33 Å². The maximum Gasteiger partial charge on any atom is 0.191 e. The molecule has 0 spiro atoms. The summed E-state index contributed by atoms with van der Waals surface area (Å²) in [5.74, 6) is 1.96. The molecule has 0 saturated heterocycles. The summed E-state index contributed by atoms with van der Waals surface area (Å²) in [4.78, 5) is 4.65. The molecule has 134 valence electrons. The second-order valence-electron chi connectivity index (χ2n) is 5.44. The zero-order chi connectivity index (χ0) is 16.0. The average molecular weight is 436 g/mol. The Morgan fingerprint density at radius 2 is 1.83 bits per heavy atom. The predicted molar refractivity (Wildman–Crippen MR) is 108 cm³/mol. The van der Waals surface area contributed by atoms with Crippen LogP contribution in [0.1, 0.15) is 58.7 Å². The minimum atomic E-state index is 0. The Morgan fingerprint density at radius 3 is 2.52 bits per heavy atom. The molecule has 23 heavy (non-hydrogen) atoms. The highest BCUT2D eigenvalue weighted by Crippen LogP contribution is 1.96. The average Bonchev–Trinajstić information content (AvgIpc) is 2.98. The quantitative estimate of drug-likeness (QED) is 0.242. The zero-order valence-corrected chi connectivity index (χ0v) is 17.2. The number of nitrogens with zero attached hydrogens (tertiary/aromatic N) is 4. The number of hydrogen-bond acceptors (Lipinski definition) is 3. The Morgan fingerprint density at radius 1 is 1.09 bits per heavy atom. The highest BCUT2D eigenvalue weighted by molar-refractivity contribution is 14.0. The first kappa shape index (κ1) is 22.1. The molecule has 0 unspecified atom stereocenters. The number of aryl methyl sites for hydroxylation is 1. The predicted octanol–water partition coefficient (Wildman–Crippen LogP) is 2.98. The number of hydrogen-bond donors (Lipinski definition) is 2. The number of aromatic nitrogens is 3. The first-order valence-electron chi connectivity index (χ1n) is 8.70. The van der Waals surface area contributed by atoms with E-state index in [1.165, 1.54) is 25.7 Å². The fourth-order valence-corrected chi connectivity index (χ4v) is 2.14. The number of guanidine groups is 1. The lowest BCUT2D eigenvalue weighted by molar-refractivity contribution is 0.627. The van der Waals surface area contributed by atoms with Crippen LogP contribution in [0.5, 0.6) is 0 Å². The molecule has 0 bridgehead atoms. The van der Waals surface area contributed by atoms with Gasteiger partial charge < -0.3 is 15.2 Å². The monoisotopic (exact) mass is 436 g/mol. The van der Waals surface area contributed by atoms with Crippen LogP contribution in [0.4, 0.5) is 0 Å². The molecule has 0 fully saturated rings. The molecular weight excluding hydrogens is 403 g/mol. The molecule has 0 radical (unpaired) electrons. The van der Waals surface area contributed by atoms with Gasteiger partial charge in [-0.05, 0) is 12.8 Å². The van der Waals surface area contributed by atoms with Crippen LogP contribution in [0.15, 0.2) is 11.3 Å². The lowest BCUT2D eigenvalue weighted by atomic mass is 10.2. The van der Waals surface area contributed by atoms with Crippen molar-refractivity contribution in [3.8, 4) is 0 Å². The lowest BCUT2D eigenvalue weighted by Crippen LogP contribution is -2.39. The normalized spacial score (nSPS) is 11.2. The van der Waals surface area contributed by atoms with E-state index in [2.05, 4.69) is 51.2 Å². The second-order valence-corrected chi connectivity index (χ2v) is 5.44. The largest absolute Gasteiger partial charge is 0.356 e. The van der Waals surface area contributed by atoms with Crippen molar-refractivity contribution in [3.63, 3.8) is 0 Å². The van der Waals surface area contributed by atoms with Gasteiger partial charge in [0.1, 0.15) is 12.2 Å². The molecule has 1 aromatic rings. The van der Waals surface area contributed by atoms with Crippen molar-refractivity contribution in [2.24, 2.45) is 4.99 Å². The van der Waals surface area contributed by atoms with Gasteiger partial charge in [-0.25, -0.2) is 0 Å². The number of unbranched alkanes of at least 4 members (excludes halogenated alkanes) is 3. The lowest BCUT2D eigenvalue weighted by Gasteiger charge is -2.13. The molecule has 6 nitrogen and oxygen atoms in total. The van der Waals surface area contributed by atoms with E-state index in [4.69, 9.17) is 0 Å². The minimum absolute atomic E-state index is 0. The Labute approximate surface area is 158 Å². The minimum Gasteiger partial charge on any atom is -0.356 e. The maximum atomic E-state index is 4.65. The van der Waals surface area contributed by atoms with Gasteiger partial charge in [-0.1, -0.05) is 40.0 Å². The van der Waals surface area contributed by atoms with Crippen LogP contribution < -0.4 is 10.6 Å². The highest BCUT2D eigenvalue weighted by atomic mass is 127. The van der Waals surface area contributed by atoms with Crippen LogP contribution in [-0.4, -0.2) is 40.4 Å². The molecule has 0 aromatic carbocycles. The van der Waals surface area contributed by atoms with Crippen LogP contribution >= 0.6 is 24.0 Å². The molecule has 0 aliphatic carbocycles. The van der Waals surface area contributed by atoms with Crippen molar-refractivity contribution >= 4 is 29.9 Å². The first-order chi connectivity index (χ1) is 10.8. The summed E-state index contributed by atoms with van der Waals surface area (Å²) in [6.45, 7) is 10.1. The van der Waals surface area contributed by atoms with Gasteiger partial charge in [0.15, 0.2) is 5.96 Å². The summed E-state index contributed by atoms with van der Waals surface area (Å²) >= 11 is 0. The molecule has 0 aliphatic heterocycles. The molecule has 1 heterocycles. The van der Waals surface area contributed by atoms with Gasteiger partial charge in [0.05, 0.1) is 0 Å². The smallest absolute Gasteiger partial charge is 0.191 e. The van der Waals surface area contributed by atoms with E-state index in [-0.39, 0.29) is 24.0 Å². The van der Waals surface area contributed by atoms with Gasteiger partial charge in [0, 0.05) is 32.6 Å². The molecule has 2 N–H and O–H groups in total. The summed E-state index contributed by atoms with van der Waals surface area (Å²) in [5.41, 5.74) is 0. The SMILES string of the molecule is CCCCCN=C(NCCCC)NCCn1cnnc1CC.I. The summed E-state index contributed by atoms with van der Waals surface area (Å²) in [7, 11) is 0. The van der Waals surface area contributed by atoms with Crippen molar-refractivity contribution in [1.82, 2.24) is 25.4 Å². The van der Waals surface area contributed by atoms with Crippen LogP contribution in [0.3, 0.4) is 0 Å². The molecule has 0 aliphatic rings. The zero-order valence-electron chi connectivity index (χ0n) is 14.8. The van der Waals surface area contributed by atoms with Crippen LogP contribution in [0.25, 0.3) is 0 Å². The Kier molecular flexibility index (Phi) is 14.2. The van der Waals surface area contributed by atoms with Gasteiger partial charge >= 0.3 is 0 Å². The van der Waals surface area contributed by atoms with Crippen LogP contribution in [-0.2, 0) is 13.0 Å². The fourth-order valence-electron chi connectivity index (χ4n) is 2.14. The van der Waals surface area contributed by atoms with Crippen molar-refractivity contribution in [2.45, 2.75) is 65.8 Å². The van der Waals surface area contributed by atoms with Gasteiger partial charge in [-0.15, -0.1) is 34.2 Å². The highest BCUT2D eigenvalue weighted by Gasteiger charge is 2.02. The Bertz CT molecular complexity index is 418. The Balaban J connectivity index is 0.00000484. The van der Waals surface area contributed by atoms with Crippen molar-refractivity contribution < 1.29 is 0 Å². The van der Waals surface area contributed by atoms with Gasteiger partial charge in [-0.2, -0.15) is 0 Å². The van der Waals surface area contributed by atoms with E-state index in [9.17, 15) is 0 Å². The van der Waals surface area contributed by atoms with Crippen molar-refractivity contribution in [2.75, 3.05) is 19.6 Å². The first-order valence-corrected chi connectivity index (χ1v) is 8.70. The molecule has 1 aromatic heterocycles. The van der Waals surface area contributed by atoms with E-state index >= 15 is 0 Å². The number of aliphatic imine (C=N–C) groups is 1. The maximum absolute atomic E-state index is 4.65. The number of halogens is 1. The summed E-state index contributed by atoms with van der Waals surface area (Å²) < 4.78 is 2.09. The summed E-state index contributed by atoms with van der Waals surface area (Å²) in [6, 6.07) is 0. The van der Waals surface area contributed by atoms with Crippen molar-refractivity contribution in [3.05, 3.63) is 12.2 Å². The summed E-state index contributed by atoms with van der Waals surface area (Å²) in [5, 5.41) is 14.9. The third-order valence-corrected chi connectivity index (χ3v) is 3.51.